The number of phenols is 2. The number of phenolic OH excluding ortho intramolecular Hbond substituents is 2. The second-order valence-corrected chi connectivity index (χ2v) is 4.92. The van der Waals surface area contributed by atoms with Crippen LogP contribution in [0.5, 0.6) is 11.5 Å². The smallest absolute Gasteiger partial charge is 0.146 e. The van der Waals surface area contributed by atoms with E-state index in [0.29, 0.717) is 24.0 Å². The van der Waals surface area contributed by atoms with Crippen molar-refractivity contribution in [3.8, 4) is 22.6 Å². The van der Waals surface area contributed by atoms with Crippen molar-refractivity contribution in [3.05, 3.63) is 66.8 Å². The maximum atomic E-state index is 10.2. The van der Waals surface area contributed by atoms with Gasteiger partial charge in [0.25, 0.3) is 0 Å². The van der Waals surface area contributed by atoms with Crippen molar-refractivity contribution < 1.29 is 10.2 Å². The molecule has 0 aliphatic carbocycles. The first-order valence-electron chi connectivity index (χ1n) is 6.72. The molecule has 0 aromatic heterocycles. The van der Waals surface area contributed by atoms with Crippen LogP contribution in [0.1, 0.15) is 11.1 Å². The first kappa shape index (κ1) is 14.7. The molecule has 2 aromatic rings. The van der Waals surface area contributed by atoms with Crippen molar-refractivity contribution >= 4 is 5.69 Å². The van der Waals surface area contributed by atoms with Crippen molar-refractivity contribution in [1.82, 2.24) is 0 Å². The Morgan fingerprint density at radius 1 is 0.905 bits per heavy atom. The van der Waals surface area contributed by atoms with Gasteiger partial charge in [0.05, 0.1) is 5.69 Å². The molecule has 0 aliphatic rings. The molecule has 3 heteroatoms. The van der Waals surface area contributed by atoms with E-state index in [9.17, 15) is 10.2 Å². The normalized spacial score (nSPS) is 10.3. The Bertz CT molecular complexity index is 690. The molecule has 108 valence electrons. The molecule has 0 aliphatic heterocycles. The topological polar surface area (TPSA) is 66.5 Å². The van der Waals surface area contributed by atoms with Crippen LogP contribution in [0.2, 0.25) is 0 Å². The molecule has 0 atom stereocenters. The molecule has 0 spiro atoms. The van der Waals surface area contributed by atoms with E-state index in [4.69, 9.17) is 5.73 Å². The summed E-state index contributed by atoms with van der Waals surface area (Å²) >= 11 is 0. The predicted molar refractivity (Wildman–Crippen MR) is 87.4 cm³/mol. The van der Waals surface area contributed by atoms with Crippen molar-refractivity contribution in [3.63, 3.8) is 0 Å². The third-order valence-electron chi connectivity index (χ3n) is 3.31. The first-order chi connectivity index (χ1) is 10.1. The Hall–Kier alpha value is -2.68. The molecule has 0 saturated heterocycles. The zero-order chi connectivity index (χ0) is 15.4. The summed E-state index contributed by atoms with van der Waals surface area (Å²) in [5, 5.41) is 20.3. The van der Waals surface area contributed by atoms with Gasteiger partial charge >= 0.3 is 0 Å². The molecule has 2 rings (SSSR count). The number of hydrogen-bond acceptors (Lipinski definition) is 3. The molecule has 2 aromatic carbocycles. The maximum Gasteiger partial charge on any atom is 0.146 e. The van der Waals surface area contributed by atoms with Crippen LogP contribution in [0, 0.1) is 0 Å². The summed E-state index contributed by atoms with van der Waals surface area (Å²) in [5.41, 5.74) is 9.17. The number of hydrogen-bond donors (Lipinski definition) is 3. The summed E-state index contributed by atoms with van der Waals surface area (Å²) < 4.78 is 0. The van der Waals surface area contributed by atoms with E-state index >= 15 is 0 Å². The fourth-order valence-electron chi connectivity index (χ4n) is 2.30. The van der Waals surface area contributed by atoms with Gasteiger partial charge in [0.15, 0.2) is 0 Å². The fraction of sp³-hybridized carbons (Fsp3) is 0.111. The van der Waals surface area contributed by atoms with Crippen molar-refractivity contribution in [2.45, 2.75) is 12.8 Å². The molecule has 3 nitrogen and oxygen atoms in total. The summed E-state index contributed by atoms with van der Waals surface area (Å²) in [6, 6.07) is 8.81. The minimum Gasteiger partial charge on any atom is -0.507 e. The average Bonchev–Trinajstić information content (AvgIpc) is 2.45. The molecule has 0 heterocycles. The first-order valence-corrected chi connectivity index (χ1v) is 6.72. The number of nitrogens with two attached hydrogens (primary N) is 1. The summed E-state index contributed by atoms with van der Waals surface area (Å²) in [5.74, 6) is 0.0853. The fourth-order valence-corrected chi connectivity index (χ4v) is 2.30. The molecule has 4 N–H and O–H groups in total. The number of rotatable bonds is 5. The highest BCUT2D eigenvalue weighted by atomic mass is 16.3. The quantitative estimate of drug-likeness (QED) is 0.443. The molecular formula is C18H19NO2. The monoisotopic (exact) mass is 281 g/mol. The van der Waals surface area contributed by atoms with Gasteiger partial charge < -0.3 is 15.9 Å². The Labute approximate surface area is 124 Å². The van der Waals surface area contributed by atoms with Gasteiger partial charge in [-0.25, -0.2) is 0 Å². The van der Waals surface area contributed by atoms with Crippen LogP contribution in [0.15, 0.2) is 55.6 Å². The third-order valence-corrected chi connectivity index (χ3v) is 3.31. The van der Waals surface area contributed by atoms with Crippen molar-refractivity contribution in [2.75, 3.05) is 5.73 Å². The number of allylic oxidation sites excluding steroid dienone is 2. The molecule has 0 unspecified atom stereocenters. The maximum absolute atomic E-state index is 10.2. The van der Waals surface area contributed by atoms with E-state index in [1.54, 1.807) is 24.3 Å². The molecular weight excluding hydrogens is 262 g/mol. The largest absolute Gasteiger partial charge is 0.507 e. The number of nitrogen functional groups attached to an aromatic ring is 1. The van der Waals surface area contributed by atoms with E-state index < -0.39 is 0 Å². The lowest BCUT2D eigenvalue weighted by molar-refractivity contribution is 0.470. The second kappa shape index (κ2) is 6.18. The van der Waals surface area contributed by atoms with Gasteiger partial charge in [0, 0.05) is 11.1 Å². The molecule has 21 heavy (non-hydrogen) atoms. The van der Waals surface area contributed by atoms with E-state index in [1.807, 2.05) is 18.2 Å². The van der Waals surface area contributed by atoms with Crippen LogP contribution < -0.4 is 5.73 Å². The van der Waals surface area contributed by atoms with Gasteiger partial charge in [-0.15, -0.1) is 13.2 Å². The Morgan fingerprint density at radius 3 is 2.19 bits per heavy atom. The number of aromatic hydroxyl groups is 2. The Morgan fingerprint density at radius 2 is 1.52 bits per heavy atom. The third kappa shape index (κ3) is 3.08. The van der Waals surface area contributed by atoms with Crippen LogP contribution in [-0.4, -0.2) is 10.2 Å². The van der Waals surface area contributed by atoms with E-state index in [1.165, 1.54) is 0 Å². The summed E-state index contributed by atoms with van der Waals surface area (Å²) in [4.78, 5) is 0. The number of benzene rings is 2. The zero-order valence-electron chi connectivity index (χ0n) is 11.8. The predicted octanol–water partition coefficient (Wildman–Crippen LogP) is 3.80. The van der Waals surface area contributed by atoms with E-state index in [2.05, 4.69) is 13.2 Å². The molecule has 0 fully saturated rings. The van der Waals surface area contributed by atoms with Crippen LogP contribution in [0.4, 0.5) is 5.69 Å². The van der Waals surface area contributed by atoms with Gasteiger partial charge in [-0.3, -0.25) is 0 Å². The number of anilines is 1. The van der Waals surface area contributed by atoms with Crippen LogP contribution in [0.25, 0.3) is 11.1 Å². The van der Waals surface area contributed by atoms with Gasteiger partial charge in [0.1, 0.15) is 11.5 Å². The van der Waals surface area contributed by atoms with E-state index in [0.717, 1.165) is 11.1 Å². The molecule has 0 saturated carbocycles. The molecule has 0 radical (unpaired) electrons. The minimum atomic E-state index is -0.0196. The van der Waals surface area contributed by atoms with Crippen molar-refractivity contribution in [1.29, 1.82) is 0 Å². The van der Waals surface area contributed by atoms with Crippen LogP contribution in [-0.2, 0) is 12.8 Å². The van der Waals surface area contributed by atoms with E-state index in [-0.39, 0.29) is 17.2 Å². The van der Waals surface area contributed by atoms with Crippen molar-refractivity contribution in [2.24, 2.45) is 0 Å². The summed E-state index contributed by atoms with van der Waals surface area (Å²) in [7, 11) is 0. The highest BCUT2D eigenvalue weighted by molar-refractivity contribution is 5.81. The SMILES string of the molecule is C=CCc1ccc(O)c(-c2cc(CC=C)cc(N)c2O)c1. The van der Waals surface area contributed by atoms with Gasteiger partial charge in [-0.05, 0) is 48.2 Å². The Balaban J connectivity index is 2.62. The van der Waals surface area contributed by atoms with Gasteiger partial charge in [-0.1, -0.05) is 18.2 Å². The molecule has 0 amide bonds. The highest BCUT2D eigenvalue weighted by Gasteiger charge is 2.13. The highest BCUT2D eigenvalue weighted by Crippen LogP contribution is 2.40. The Kier molecular flexibility index (Phi) is 4.33. The molecule has 0 bridgehead atoms. The second-order valence-electron chi connectivity index (χ2n) is 4.92. The lowest BCUT2D eigenvalue weighted by Gasteiger charge is -2.12. The minimum absolute atomic E-state index is 0.0196. The van der Waals surface area contributed by atoms with Crippen LogP contribution in [0.3, 0.4) is 0 Å². The standard InChI is InChI=1S/C18H19NO2/c1-3-5-12-7-8-17(20)14(9-12)15-10-13(6-4-2)11-16(19)18(15)21/h3-4,7-11,20-21H,1-2,5-6,19H2. The average molecular weight is 281 g/mol. The lowest BCUT2D eigenvalue weighted by atomic mass is 9.96. The van der Waals surface area contributed by atoms with Gasteiger partial charge in [0.2, 0.25) is 0 Å². The summed E-state index contributed by atoms with van der Waals surface area (Å²) in [6.45, 7) is 7.41. The van der Waals surface area contributed by atoms with Gasteiger partial charge in [-0.2, -0.15) is 0 Å². The van der Waals surface area contributed by atoms with Crippen LogP contribution >= 0.6 is 0 Å². The summed E-state index contributed by atoms with van der Waals surface area (Å²) in [6.07, 6.45) is 4.89. The lowest BCUT2D eigenvalue weighted by Crippen LogP contribution is -1.93. The zero-order valence-corrected chi connectivity index (χ0v) is 11.8.